The molecule has 0 spiro atoms. The number of amides is 1. The highest BCUT2D eigenvalue weighted by molar-refractivity contribution is 5.79. The fourth-order valence-corrected chi connectivity index (χ4v) is 3.47. The zero-order chi connectivity index (χ0) is 23.7. The van der Waals surface area contributed by atoms with Crippen LogP contribution in [0.4, 0.5) is 13.2 Å². The van der Waals surface area contributed by atoms with Crippen LogP contribution in [0.5, 0.6) is 5.75 Å². The Bertz CT molecular complexity index is 893. The molecule has 0 unspecified atom stereocenters. The van der Waals surface area contributed by atoms with E-state index in [1.54, 1.807) is 20.4 Å². The van der Waals surface area contributed by atoms with Crippen molar-refractivity contribution in [1.82, 2.24) is 9.88 Å². The van der Waals surface area contributed by atoms with Crippen molar-refractivity contribution in [3.05, 3.63) is 59.9 Å². The first-order valence-corrected chi connectivity index (χ1v) is 9.80. The molecule has 1 aliphatic heterocycles. The molecule has 0 saturated carbocycles. The molecule has 2 atom stereocenters. The average Bonchev–Trinajstić information content (AvgIpc) is 3.17. The Balaban J connectivity index is 0.000000451. The van der Waals surface area contributed by atoms with Crippen molar-refractivity contribution in [2.75, 3.05) is 20.8 Å². The van der Waals surface area contributed by atoms with E-state index in [0.29, 0.717) is 6.42 Å². The maximum atomic E-state index is 12.9. The smallest absolute Gasteiger partial charge is 0.490 e. The number of pyridine rings is 1. The SMILES string of the molecule is COc1cccc(CC(=O)N2CC[C@H](OC)[C@@H]2Cc2cccnc2)c1.O=C(O)C(F)(F)F. The lowest BCUT2D eigenvalue weighted by atomic mass is 10.0. The quantitative estimate of drug-likeness (QED) is 0.722. The zero-order valence-corrected chi connectivity index (χ0v) is 17.7. The van der Waals surface area contributed by atoms with Crippen LogP contribution in [-0.4, -0.2) is 66.0 Å². The van der Waals surface area contributed by atoms with Gasteiger partial charge in [-0.25, -0.2) is 4.79 Å². The van der Waals surface area contributed by atoms with Gasteiger partial charge < -0.3 is 19.5 Å². The summed E-state index contributed by atoms with van der Waals surface area (Å²) in [5.41, 5.74) is 2.08. The molecule has 32 heavy (non-hydrogen) atoms. The third-order valence-electron chi connectivity index (χ3n) is 5.01. The Morgan fingerprint density at radius 1 is 1.19 bits per heavy atom. The Kier molecular flexibility index (Phi) is 9.01. The minimum absolute atomic E-state index is 0.0484. The van der Waals surface area contributed by atoms with Gasteiger partial charge >= 0.3 is 12.1 Å². The first-order valence-electron chi connectivity index (χ1n) is 9.80. The maximum absolute atomic E-state index is 12.9. The largest absolute Gasteiger partial charge is 0.497 e. The highest BCUT2D eigenvalue weighted by Gasteiger charge is 2.38. The molecule has 174 valence electrons. The molecule has 0 radical (unpaired) electrons. The van der Waals surface area contributed by atoms with Crippen LogP contribution >= 0.6 is 0 Å². The molecular formula is C22H25F3N2O5. The van der Waals surface area contributed by atoms with Crippen LogP contribution in [0.3, 0.4) is 0 Å². The lowest BCUT2D eigenvalue weighted by Crippen LogP contribution is -2.42. The second kappa shape index (κ2) is 11.5. The van der Waals surface area contributed by atoms with Crippen molar-refractivity contribution in [2.45, 2.75) is 37.6 Å². The predicted octanol–water partition coefficient (Wildman–Crippen LogP) is 3.12. The van der Waals surface area contributed by atoms with Crippen LogP contribution in [0.15, 0.2) is 48.8 Å². The number of carbonyl (C=O) groups is 2. The molecule has 2 aromatic rings. The van der Waals surface area contributed by atoms with E-state index in [4.69, 9.17) is 19.4 Å². The van der Waals surface area contributed by atoms with Gasteiger partial charge in [-0.15, -0.1) is 0 Å². The number of halogens is 3. The van der Waals surface area contributed by atoms with Gasteiger partial charge in [0.2, 0.25) is 5.91 Å². The number of carboxylic acids is 1. The minimum atomic E-state index is -5.08. The first kappa shape index (κ1) is 25.1. The summed E-state index contributed by atoms with van der Waals surface area (Å²) in [5.74, 6) is -1.86. The van der Waals surface area contributed by atoms with Gasteiger partial charge in [-0.1, -0.05) is 18.2 Å². The number of carboxylic acid groups (broad SMARTS) is 1. The van der Waals surface area contributed by atoms with Gasteiger partial charge in [0.05, 0.1) is 25.7 Å². The van der Waals surface area contributed by atoms with Crippen molar-refractivity contribution in [1.29, 1.82) is 0 Å². The van der Waals surface area contributed by atoms with Gasteiger partial charge in [0, 0.05) is 26.0 Å². The number of aliphatic carboxylic acids is 1. The number of hydrogen-bond acceptors (Lipinski definition) is 5. The summed E-state index contributed by atoms with van der Waals surface area (Å²) in [4.78, 5) is 27.9. The molecule has 0 bridgehead atoms. The van der Waals surface area contributed by atoms with E-state index < -0.39 is 12.1 Å². The van der Waals surface area contributed by atoms with Gasteiger partial charge in [0.15, 0.2) is 0 Å². The van der Waals surface area contributed by atoms with Crippen molar-refractivity contribution in [2.24, 2.45) is 0 Å². The highest BCUT2D eigenvalue weighted by atomic mass is 19.4. The van der Waals surface area contributed by atoms with Gasteiger partial charge in [0.25, 0.3) is 0 Å². The summed E-state index contributed by atoms with van der Waals surface area (Å²) in [6, 6.07) is 11.7. The Labute approximate surface area is 183 Å². The molecular weight excluding hydrogens is 429 g/mol. The minimum Gasteiger partial charge on any atom is -0.497 e. The second-order valence-corrected chi connectivity index (χ2v) is 7.11. The lowest BCUT2D eigenvalue weighted by Gasteiger charge is -2.28. The number of nitrogens with zero attached hydrogens (tertiary/aromatic N) is 2. The standard InChI is InChI=1S/C20H24N2O3.C2HF3O2/c1-24-17-7-3-5-15(11-17)13-20(23)22-10-8-19(25-2)18(22)12-16-6-4-9-21-14-16;3-2(4,5)1(6)7/h3-7,9,11,14,18-19H,8,10,12-13H2,1-2H3;(H,6,7)/t18-,19-;/m0./s1. The number of methoxy groups -OCH3 is 2. The van der Waals surface area contributed by atoms with E-state index in [0.717, 1.165) is 36.3 Å². The molecule has 7 nitrogen and oxygen atoms in total. The molecule has 0 aliphatic carbocycles. The molecule has 1 saturated heterocycles. The van der Waals surface area contributed by atoms with Crippen LogP contribution in [0.2, 0.25) is 0 Å². The van der Waals surface area contributed by atoms with Crippen molar-refractivity contribution >= 4 is 11.9 Å². The lowest BCUT2D eigenvalue weighted by molar-refractivity contribution is -0.192. The number of rotatable bonds is 6. The third kappa shape index (κ3) is 7.23. The molecule has 1 amide bonds. The molecule has 1 aliphatic rings. The van der Waals surface area contributed by atoms with E-state index >= 15 is 0 Å². The summed E-state index contributed by atoms with van der Waals surface area (Å²) in [6.07, 6.45) is 0.598. The number of benzene rings is 1. The van der Waals surface area contributed by atoms with Crippen molar-refractivity contribution in [3.8, 4) is 5.75 Å². The van der Waals surface area contributed by atoms with Crippen LogP contribution in [0, 0.1) is 0 Å². The van der Waals surface area contributed by atoms with Crippen molar-refractivity contribution < 1.29 is 37.3 Å². The number of hydrogen-bond donors (Lipinski definition) is 1. The monoisotopic (exact) mass is 454 g/mol. The summed E-state index contributed by atoms with van der Waals surface area (Å²) in [5, 5.41) is 7.12. The number of alkyl halides is 3. The van der Waals surface area contributed by atoms with Crippen LogP contribution in [-0.2, 0) is 27.2 Å². The summed E-state index contributed by atoms with van der Waals surface area (Å²) in [7, 11) is 3.35. The number of ether oxygens (including phenoxy) is 2. The van der Waals surface area contributed by atoms with Gasteiger partial charge in [-0.2, -0.15) is 13.2 Å². The summed E-state index contributed by atoms with van der Waals surface area (Å²) in [6.45, 7) is 0.728. The molecule has 1 aromatic carbocycles. The van der Waals surface area contributed by atoms with E-state index in [1.807, 2.05) is 47.5 Å². The summed E-state index contributed by atoms with van der Waals surface area (Å²) >= 11 is 0. The fraction of sp³-hybridized carbons (Fsp3) is 0.409. The number of carbonyl (C=O) groups excluding carboxylic acids is 1. The topological polar surface area (TPSA) is 89.0 Å². The number of likely N-dealkylation sites (tertiary alicyclic amines) is 1. The normalized spacial score (nSPS) is 18.0. The first-order chi connectivity index (χ1) is 15.2. The molecule has 2 heterocycles. The van der Waals surface area contributed by atoms with Crippen molar-refractivity contribution in [3.63, 3.8) is 0 Å². The molecule has 3 rings (SSSR count). The van der Waals surface area contributed by atoms with E-state index in [1.165, 1.54) is 0 Å². The Hall–Kier alpha value is -3.14. The number of aromatic nitrogens is 1. The van der Waals surface area contributed by atoms with Crippen LogP contribution < -0.4 is 4.74 Å². The summed E-state index contributed by atoms with van der Waals surface area (Å²) < 4.78 is 42.6. The average molecular weight is 454 g/mol. The highest BCUT2D eigenvalue weighted by Crippen LogP contribution is 2.25. The van der Waals surface area contributed by atoms with Gasteiger partial charge in [-0.05, 0) is 42.2 Å². The van der Waals surface area contributed by atoms with E-state index in [9.17, 15) is 18.0 Å². The van der Waals surface area contributed by atoms with Crippen LogP contribution in [0.1, 0.15) is 17.5 Å². The zero-order valence-electron chi connectivity index (χ0n) is 17.7. The van der Waals surface area contributed by atoms with Gasteiger partial charge in [-0.3, -0.25) is 9.78 Å². The predicted molar refractivity (Wildman–Crippen MR) is 109 cm³/mol. The maximum Gasteiger partial charge on any atom is 0.490 e. The third-order valence-corrected chi connectivity index (χ3v) is 5.01. The second-order valence-electron chi connectivity index (χ2n) is 7.11. The molecule has 1 aromatic heterocycles. The Morgan fingerprint density at radius 2 is 1.88 bits per heavy atom. The van der Waals surface area contributed by atoms with E-state index in [2.05, 4.69) is 4.98 Å². The van der Waals surface area contributed by atoms with Crippen LogP contribution in [0.25, 0.3) is 0 Å². The molecule has 10 heteroatoms. The molecule has 1 fully saturated rings. The van der Waals surface area contributed by atoms with E-state index in [-0.39, 0.29) is 18.1 Å². The fourth-order valence-electron chi connectivity index (χ4n) is 3.47. The Morgan fingerprint density at radius 3 is 2.44 bits per heavy atom. The van der Waals surface area contributed by atoms with Gasteiger partial charge in [0.1, 0.15) is 5.75 Å². The molecule has 1 N–H and O–H groups in total.